The number of rotatable bonds is 8. The first kappa shape index (κ1) is 20.0. The van der Waals surface area contributed by atoms with Gasteiger partial charge in [-0.2, -0.15) is 8.78 Å². The molecule has 10 nitrogen and oxygen atoms in total. The number of benzene rings is 1. The molecule has 0 aromatic heterocycles. The maximum absolute atomic E-state index is 12.3. The monoisotopic (exact) mass is 364 g/mol. The van der Waals surface area contributed by atoms with Crippen molar-refractivity contribution in [1.29, 1.82) is 0 Å². The first-order valence-electron chi connectivity index (χ1n) is 6.54. The summed E-state index contributed by atoms with van der Waals surface area (Å²) in [6, 6.07) is 1.37. The van der Waals surface area contributed by atoms with E-state index >= 15 is 0 Å². The first-order valence-corrected chi connectivity index (χ1v) is 6.54. The molecule has 0 saturated carbocycles. The molecule has 1 amide bonds. The van der Waals surface area contributed by atoms with Gasteiger partial charge in [0.25, 0.3) is 11.6 Å². The van der Waals surface area contributed by atoms with E-state index < -0.39 is 52.6 Å². The second-order valence-electron chi connectivity index (χ2n) is 4.92. The van der Waals surface area contributed by atoms with E-state index in [2.05, 4.69) is 4.74 Å². The Morgan fingerprint density at radius 2 is 2.00 bits per heavy atom. The number of amides is 1. The molecule has 3 N–H and O–H groups in total. The van der Waals surface area contributed by atoms with Gasteiger partial charge in [0.05, 0.1) is 24.6 Å². The number of halogens is 2. The molecule has 25 heavy (non-hydrogen) atoms. The topological polar surface area (TPSA) is 148 Å². The molecular weight excluding hydrogens is 350 g/mol. The number of hydrogen-bond acceptors (Lipinski definition) is 7. The van der Waals surface area contributed by atoms with E-state index in [0.717, 1.165) is 20.1 Å². The largest absolute Gasteiger partial charge is 0.493 e. The van der Waals surface area contributed by atoms with E-state index in [1.54, 1.807) is 0 Å². The van der Waals surface area contributed by atoms with Crippen molar-refractivity contribution < 1.29 is 43.0 Å². The summed E-state index contributed by atoms with van der Waals surface area (Å²) in [5.41, 5.74) is -3.78. The molecule has 1 unspecified atom stereocenters. The Hall–Kier alpha value is -3.02. The average molecular weight is 364 g/mol. The Morgan fingerprint density at radius 1 is 1.40 bits per heavy atom. The van der Waals surface area contributed by atoms with Crippen LogP contribution in [0.2, 0.25) is 0 Å². The van der Waals surface area contributed by atoms with Crippen LogP contribution in [-0.4, -0.2) is 52.9 Å². The lowest BCUT2D eigenvalue weighted by Gasteiger charge is -2.18. The van der Waals surface area contributed by atoms with Crippen LogP contribution < -0.4 is 14.8 Å². The number of carboxylic acids is 1. The van der Waals surface area contributed by atoms with Crippen LogP contribution in [0.1, 0.15) is 17.3 Å². The predicted molar refractivity (Wildman–Crippen MR) is 76.9 cm³/mol. The number of carbonyl (C=O) groups excluding carboxylic acids is 1. The fourth-order valence-electron chi connectivity index (χ4n) is 1.65. The number of carbonyl (C=O) groups is 2. The highest BCUT2D eigenvalue weighted by molar-refractivity contribution is 5.99. The fraction of sp³-hybridized carbons (Fsp3) is 0.385. The molecule has 0 bridgehead atoms. The highest BCUT2D eigenvalue weighted by Gasteiger charge is 2.32. The van der Waals surface area contributed by atoms with E-state index in [1.165, 1.54) is 0 Å². The van der Waals surface area contributed by atoms with Crippen LogP contribution in [0.15, 0.2) is 12.1 Å². The Morgan fingerprint density at radius 3 is 2.44 bits per heavy atom. The number of carboxylic acid groups (broad SMARTS) is 1. The van der Waals surface area contributed by atoms with Crippen molar-refractivity contribution in [3.63, 3.8) is 0 Å². The minimum absolute atomic E-state index is 0.374. The summed E-state index contributed by atoms with van der Waals surface area (Å²) < 4.78 is 33.5. The maximum Gasteiger partial charge on any atom is 0.387 e. The average Bonchev–Trinajstić information content (AvgIpc) is 2.51. The summed E-state index contributed by atoms with van der Waals surface area (Å²) in [5, 5.41) is 31.4. The van der Waals surface area contributed by atoms with Gasteiger partial charge in [-0.15, -0.1) is 0 Å². The molecule has 0 radical (unpaired) electrons. The van der Waals surface area contributed by atoms with Crippen molar-refractivity contribution in [3.05, 3.63) is 27.8 Å². The lowest BCUT2D eigenvalue weighted by Crippen LogP contribution is -2.46. The number of methoxy groups -OCH3 is 1. The van der Waals surface area contributed by atoms with Gasteiger partial charge >= 0.3 is 12.6 Å². The number of nitro benzene ring substituents is 1. The standard InChI is InChI=1S/C13H14F2N2O8/c1-13(21,11(19)20)5-16-10(18)6-3-8(24-2)9(25-12(14)15)4-7(6)17(22)23/h3-4,12,21H,5H2,1-2H3,(H,16,18)(H,19,20). The lowest BCUT2D eigenvalue weighted by atomic mass is 10.1. The molecule has 138 valence electrons. The Bertz CT molecular complexity index is 693. The molecule has 0 aliphatic rings. The minimum atomic E-state index is -3.28. The van der Waals surface area contributed by atoms with Gasteiger partial charge in [-0.25, -0.2) is 4.79 Å². The number of alkyl halides is 2. The van der Waals surface area contributed by atoms with Gasteiger partial charge in [0, 0.05) is 6.07 Å². The summed E-state index contributed by atoms with van der Waals surface area (Å²) in [6.07, 6.45) is 0. The summed E-state index contributed by atoms with van der Waals surface area (Å²) in [7, 11) is 1.07. The smallest absolute Gasteiger partial charge is 0.387 e. The molecule has 0 spiro atoms. The van der Waals surface area contributed by atoms with E-state index in [9.17, 15) is 33.6 Å². The zero-order valence-corrected chi connectivity index (χ0v) is 13.0. The van der Waals surface area contributed by atoms with Gasteiger partial charge in [0.1, 0.15) is 5.56 Å². The molecule has 1 rings (SSSR count). The molecule has 0 aliphatic carbocycles. The first-order chi connectivity index (χ1) is 11.5. The highest BCUT2D eigenvalue weighted by Crippen LogP contribution is 2.35. The Kier molecular flexibility index (Phi) is 6.17. The number of nitro groups is 1. The van der Waals surface area contributed by atoms with Crippen LogP contribution in [0.5, 0.6) is 11.5 Å². The molecule has 0 saturated heterocycles. The van der Waals surface area contributed by atoms with Crippen LogP contribution in [0.25, 0.3) is 0 Å². The van der Waals surface area contributed by atoms with Gasteiger partial charge in [0.15, 0.2) is 17.1 Å². The van der Waals surface area contributed by atoms with Crippen molar-refractivity contribution >= 4 is 17.6 Å². The van der Waals surface area contributed by atoms with Crippen molar-refractivity contribution in [3.8, 4) is 11.5 Å². The van der Waals surface area contributed by atoms with Crippen molar-refractivity contribution in [2.24, 2.45) is 0 Å². The fourth-order valence-corrected chi connectivity index (χ4v) is 1.65. The number of nitrogens with one attached hydrogen (secondary N) is 1. The Labute approximate surface area is 139 Å². The normalized spacial score (nSPS) is 13.0. The van der Waals surface area contributed by atoms with Crippen LogP contribution in [-0.2, 0) is 4.79 Å². The molecular formula is C13H14F2N2O8. The molecule has 12 heteroatoms. The van der Waals surface area contributed by atoms with E-state index in [-0.39, 0.29) is 5.75 Å². The third-order valence-corrected chi connectivity index (χ3v) is 2.99. The number of aliphatic carboxylic acids is 1. The van der Waals surface area contributed by atoms with Gasteiger partial charge in [0.2, 0.25) is 0 Å². The van der Waals surface area contributed by atoms with Crippen LogP contribution in [0.3, 0.4) is 0 Å². The van der Waals surface area contributed by atoms with Gasteiger partial charge in [-0.05, 0) is 6.92 Å². The summed E-state index contributed by atoms with van der Waals surface area (Å²) >= 11 is 0. The second-order valence-corrected chi connectivity index (χ2v) is 4.92. The third kappa shape index (κ3) is 4.97. The van der Waals surface area contributed by atoms with Gasteiger partial charge in [-0.3, -0.25) is 14.9 Å². The zero-order chi connectivity index (χ0) is 19.4. The van der Waals surface area contributed by atoms with Crippen molar-refractivity contribution in [2.45, 2.75) is 19.1 Å². The minimum Gasteiger partial charge on any atom is -0.493 e. The van der Waals surface area contributed by atoms with E-state index in [4.69, 9.17) is 9.84 Å². The van der Waals surface area contributed by atoms with Crippen molar-refractivity contribution in [1.82, 2.24) is 5.32 Å². The maximum atomic E-state index is 12.3. The van der Waals surface area contributed by atoms with Crippen LogP contribution in [0.4, 0.5) is 14.5 Å². The van der Waals surface area contributed by atoms with Gasteiger partial charge < -0.3 is 25.0 Å². The molecule has 1 aromatic carbocycles. The second kappa shape index (κ2) is 7.70. The zero-order valence-electron chi connectivity index (χ0n) is 13.0. The number of nitrogens with zero attached hydrogens (tertiary/aromatic N) is 1. The number of ether oxygens (including phenoxy) is 2. The van der Waals surface area contributed by atoms with Gasteiger partial charge in [-0.1, -0.05) is 0 Å². The molecule has 1 atom stereocenters. The summed E-state index contributed by atoms with van der Waals surface area (Å²) in [5.74, 6) is -3.77. The van der Waals surface area contributed by atoms with Crippen LogP contribution in [0, 0.1) is 10.1 Å². The Balaban J connectivity index is 3.22. The quantitative estimate of drug-likeness (QED) is 0.452. The van der Waals surface area contributed by atoms with Crippen molar-refractivity contribution in [2.75, 3.05) is 13.7 Å². The molecule has 0 aliphatic heterocycles. The highest BCUT2D eigenvalue weighted by atomic mass is 19.3. The SMILES string of the molecule is COc1cc(C(=O)NCC(C)(O)C(=O)O)c([N+](=O)[O-])cc1OC(F)F. The number of aliphatic hydroxyl groups is 1. The van der Waals surface area contributed by atoms with E-state index in [1.807, 2.05) is 5.32 Å². The predicted octanol–water partition coefficient (Wildman–Crippen LogP) is 0.770. The summed E-state index contributed by atoms with van der Waals surface area (Å²) in [4.78, 5) is 32.9. The number of hydrogen-bond donors (Lipinski definition) is 3. The molecule has 0 fully saturated rings. The molecule has 0 heterocycles. The summed E-state index contributed by atoms with van der Waals surface area (Å²) in [6.45, 7) is -3.13. The molecule has 1 aromatic rings. The van der Waals surface area contributed by atoms with E-state index in [0.29, 0.717) is 6.07 Å². The third-order valence-electron chi connectivity index (χ3n) is 2.99. The lowest BCUT2D eigenvalue weighted by molar-refractivity contribution is -0.385. The van der Waals surface area contributed by atoms with Crippen LogP contribution >= 0.6 is 0 Å².